The van der Waals surface area contributed by atoms with Crippen LogP contribution in [0.4, 0.5) is 16.4 Å². The lowest BCUT2D eigenvalue weighted by atomic mass is 10.1. The number of guanidine groups is 1. The van der Waals surface area contributed by atoms with Gasteiger partial charge in [-0.05, 0) is 74.4 Å². The van der Waals surface area contributed by atoms with E-state index in [1.54, 1.807) is 31.4 Å². The lowest BCUT2D eigenvalue weighted by Gasteiger charge is -2.12. The van der Waals surface area contributed by atoms with Crippen LogP contribution in [0.1, 0.15) is 17.0 Å². The van der Waals surface area contributed by atoms with E-state index >= 15 is 0 Å². The van der Waals surface area contributed by atoms with E-state index in [0.29, 0.717) is 35.4 Å². The molecule has 0 saturated carbocycles. The van der Waals surface area contributed by atoms with E-state index in [9.17, 15) is 4.79 Å². The summed E-state index contributed by atoms with van der Waals surface area (Å²) in [5, 5.41) is 10.3. The smallest absolute Gasteiger partial charge is 0.326 e. The molecule has 0 saturated heterocycles. The number of aromatic amines is 1. The Kier molecular flexibility index (Phi) is 7.47. The molecular weight excluding hydrogens is 466 g/mol. The molecule has 2 aromatic carbocycles. The van der Waals surface area contributed by atoms with Crippen molar-refractivity contribution in [3.63, 3.8) is 0 Å². The number of fused-ring (bicyclic) bond motifs is 1. The fourth-order valence-corrected chi connectivity index (χ4v) is 3.76. The van der Waals surface area contributed by atoms with Crippen LogP contribution >= 0.6 is 11.6 Å². The molecule has 0 spiro atoms. The third kappa shape index (κ3) is 6.48. The summed E-state index contributed by atoms with van der Waals surface area (Å²) < 4.78 is 5.15. The van der Waals surface area contributed by atoms with Crippen molar-refractivity contribution in [1.29, 1.82) is 0 Å². The number of methoxy groups -OCH3 is 1. The summed E-state index contributed by atoms with van der Waals surface area (Å²) in [6, 6.07) is 14.2. The largest absolute Gasteiger partial charge is 0.497 e. The number of carbonyl (C=O) groups is 1. The summed E-state index contributed by atoms with van der Waals surface area (Å²) in [4.78, 5) is 29.3. The van der Waals surface area contributed by atoms with Gasteiger partial charge in [0.15, 0.2) is 0 Å². The number of carbonyl (C=O) groups excluding carboxylic acids is 1. The number of rotatable bonds is 6. The van der Waals surface area contributed by atoms with Crippen LogP contribution in [-0.2, 0) is 6.42 Å². The number of aliphatic imine (C=N–C) groups is 1. The monoisotopic (exact) mass is 491 g/mol. The number of anilines is 2. The highest BCUT2D eigenvalue weighted by Gasteiger charge is 2.10. The molecule has 0 radical (unpaired) electrons. The van der Waals surface area contributed by atoms with E-state index < -0.39 is 6.03 Å². The fourth-order valence-electron chi connectivity index (χ4n) is 3.59. The van der Waals surface area contributed by atoms with E-state index in [0.717, 1.165) is 27.9 Å². The van der Waals surface area contributed by atoms with Crippen molar-refractivity contribution in [2.24, 2.45) is 4.99 Å². The van der Waals surface area contributed by atoms with Gasteiger partial charge in [-0.2, -0.15) is 0 Å². The summed E-state index contributed by atoms with van der Waals surface area (Å²) in [6.45, 7) is 4.17. The topological polar surface area (TPSA) is 116 Å². The van der Waals surface area contributed by atoms with Gasteiger partial charge in [-0.25, -0.2) is 14.8 Å². The Morgan fingerprint density at radius 2 is 1.80 bits per heavy atom. The van der Waals surface area contributed by atoms with Gasteiger partial charge in [0.25, 0.3) is 0 Å². The maximum Gasteiger partial charge on any atom is 0.326 e. The number of H-pyrrole nitrogens is 1. The van der Waals surface area contributed by atoms with Gasteiger partial charge in [0.2, 0.25) is 11.9 Å². The Bertz CT molecular complexity index is 1350. The van der Waals surface area contributed by atoms with Gasteiger partial charge in [0.1, 0.15) is 5.75 Å². The molecule has 0 unspecified atom stereocenters. The predicted molar refractivity (Wildman–Crippen MR) is 140 cm³/mol. The Morgan fingerprint density at radius 3 is 2.51 bits per heavy atom. The first-order valence-electron chi connectivity index (χ1n) is 11.0. The highest BCUT2D eigenvalue weighted by molar-refractivity contribution is 6.31. The van der Waals surface area contributed by atoms with Crippen LogP contribution in [0.15, 0.2) is 59.7 Å². The van der Waals surface area contributed by atoms with Crippen LogP contribution in [0.5, 0.6) is 5.75 Å². The molecule has 4 N–H and O–H groups in total. The number of ether oxygens (including phenoxy) is 1. The quantitative estimate of drug-likeness (QED) is 0.222. The molecule has 0 atom stereocenters. The molecule has 35 heavy (non-hydrogen) atoms. The zero-order valence-electron chi connectivity index (χ0n) is 19.6. The molecule has 4 rings (SSSR count). The summed E-state index contributed by atoms with van der Waals surface area (Å²) in [6.07, 6.45) is 2.58. The molecule has 180 valence electrons. The summed E-state index contributed by atoms with van der Waals surface area (Å²) >= 11 is 6.16. The second-order valence-corrected chi connectivity index (χ2v) is 8.33. The number of aromatic nitrogens is 3. The average Bonchev–Trinajstić information content (AvgIpc) is 3.20. The van der Waals surface area contributed by atoms with Gasteiger partial charge in [-0.15, -0.1) is 0 Å². The molecule has 2 aromatic heterocycles. The highest BCUT2D eigenvalue weighted by atomic mass is 35.5. The molecule has 0 bridgehead atoms. The Hall–Kier alpha value is -4.11. The Labute approximate surface area is 208 Å². The van der Waals surface area contributed by atoms with Crippen LogP contribution in [0.2, 0.25) is 5.02 Å². The predicted octanol–water partition coefficient (Wildman–Crippen LogP) is 5.07. The van der Waals surface area contributed by atoms with Crippen molar-refractivity contribution < 1.29 is 9.53 Å². The minimum Gasteiger partial charge on any atom is -0.497 e. The second-order valence-electron chi connectivity index (χ2n) is 7.89. The van der Waals surface area contributed by atoms with Crippen molar-refractivity contribution in [2.75, 3.05) is 24.3 Å². The number of benzene rings is 2. The van der Waals surface area contributed by atoms with Crippen LogP contribution in [-0.4, -0.2) is 40.6 Å². The molecule has 10 heteroatoms. The van der Waals surface area contributed by atoms with Crippen LogP contribution in [0.25, 0.3) is 10.9 Å². The van der Waals surface area contributed by atoms with E-state index in [1.807, 2.05) is 44.3 Å². The van der Waals surface area contributed by atoms with Crippen molar-refractivity contribution in [3.05, 3.63) is 76.7 Å². The SMILES string of the molecule is COc1ccc(NC(=O)NC(=NCCc2c[nH]c3ccc(Cl)cc23)Nc2nc(C)cc(C)n2)cc1. The summed E-state index contributed by atoms with van der Waals surface area (Å²) in [7, 11) is 1.59. The molecule has 0 aliphatic carbocycles. The third-order valence-corrected chi connectivity index (χ3v) is 5.41. The first-order valence-corrected chi connectivity index (χ1v) is 11.4. The van der Waals surface area contributed by atoms with Gasteiger partial charge in [-0.3, -0.25) is 15.6 Å². The first kappa shape index (κ1) is 24.0. The molecule has 0 aliphatic rings. The Balaban J connectivity index is 1.49. The molecule has 2 amide bonds. The number of aryl methyl sites for hydroxylation is 2. The van der Waals surface area contributed by atoms with E-state index in [4.69, 9.17) is 16.3 Å². The van der Waals surface area contributed by atoms with Crippen molar-refractivity contribution in [1.82, 2.24) is 20.3 Å². The Morgan fingerprint density at radius 1 is 1.06 bits per heavy atom. The van der Waals surface area contributed by atoms with E-state index in [1.165, 1.54) is 0 Å². The molecule has 4 aromatic rings. The number of hydrogen-bond donors (Lipinski definition) is 4. The number of amides is 2. The van der Waals surface area contributed by atoms with Crippen molar-refractivity contribution >= 4 is 46.1 Å². The zero-order chi connectivity index (χ0) is 24.8. The zero-order valence-corrected chi connectivity index (χ0v) is 20.4. The van der Waals surface area contributed by atoms with Crippen molar-refractivity contribution in [2.45, 2.75) is 20.3 Å². The van der Waals surface area contributed by atoms with Gasteiger partial charge < -0.3 is 15.0 Å². The maximum absolute atomic E-state index is 12.7. The van der Waals surface area contributed by atoms with Crippen LogP contribution in [0, 0.1) is 13.8 Å². The molecular formula is C25H26ClN7O2. The number of nitrogens with zero attached hydrogens (tertiary/aromatic N) is 3. The van der Waals surface area contributed by atoms with E-state index in [2.05, 4.69) is 35.9 Å². The van der Waals surface area contributed by atoms with Gasteiger partial charge in [0, 0.05) is 45.7 Å². The van der Waals surface area contributed by atoms with Gasteiger partial charge >= 0.3 is 6.03 Å². The average molecular weight is 492 g/mol. The normalized spacial score (nSPS) is 11.4. The van der Waals surface area contributed by atoms with E-state index in [-0.39, 0.29) is 5.96 Å². The molecule has 2 heterocycles. The fraction of sp³-hybridized carbons (Fsp3) is 0.200. The number of nitrogens with one attached hydrogen (secondary N) is 4. The van der Waals surface area contributed by atoms with Crippen LogP contribution in [0.3, 0.4) is 0 Å². The summed E-state index contributed by atoms with van der Waals surface area (Å²) in [5.41, 5.74) is 4.31. The number of halogens is 1. The van der Waals surface area contributed by atoms with Crippen molar-refractivity contribution in [3.8, 4) is 5.75 Å². The highest BCUT2D eigenvalue weighted by Crippen LogP contribution is 2.22. The molecule has 0 aliphatic heterocycles. The minimum absolute atomic E-state index is 0.235. The maximum atomic E-state index is 12.7. The lowest BCUT2D eigenvalue weighted by molar-refractivity contribution is 0.256. The minimum atomic E-state index is -0.454. The number of hydrogen-bond acceptors (Lipinski definition) is 5. The van der Waals surface area contributed by atoms with Gasteiger partial charge in [0.05, 0.1) is 7.11 Å². The van der Waals surface area contributed by atoms with Gasteiger partial charge in [-0.1, -0.05) is 11.6 Å². The lowest BCUT2D eigenvalue weighted by Crippen LogP contribution is -2.39. The number of urea groups is 1. The first-order chi connectivity index (χ1) is 16.9. The summed E-state index contributed by atoms with van der Waals surface area (Å²) in [5.74, 6) is 1.29. The standard InChI is InChI=1S/C25H26ClN7O2/c1-15-12-16(2)30-24(29-15)32-23(33-25(34)31-19-5-7-20(35-3)8-6-19)27-11-10-17-14-28-22-9-4-18(26)13-21(17)22/h4-9,12-14,28H,10-11H2,1-3H3,(H3,27,29,30,31,32,33,34). The van der Waals surface area contributed by atoms with Crippen LogP contribution < -0.4 is 20.7 Å². The molecule has 9 nitrogen and oxygen atoms in total. The third-order valence-electron chi connectivity index (χ3n) is 5.17. The molecule has 0 fully saturated rings. The second kappa shape index (κ2) is 10.9.